The first-order valence-electron chi connectivity index (χ1n) is 7.60. The first kappa shape index (κ1) is 19.9. The predicted molar refractivity (Wildman–Crippen MR) is 103 cm³/mol. The molecule has 2 amide bonds. The highest BCUT2D eigenvalue weighted by atomic mass is 35.5. The third kappa shape index (κ3) is 4.80. The van der Waals surface area contributed by atoms with Gasteiger partial charge in [0.05, 0.1) is 24.9 Å². The average molecular weight is 397 g/mol. The normalized spacial score (nSPS) is 10.2. The molecule has 0 unspecified atom stereocenters. The van der Waals surface area contributed by atoms with Gasteiger partial charge in [0.15, 0.2) is 11.5 Å². The smallest absolute Gasteiger partial charge is 0.244 e. The first-order chi connectivity index (χ1) is 12.3. The monoisotopic (exact) mass is 396 g/mol. The van der Waals surface area contributed by atoms with E-state index in [1.807, 2.05) is 0 Å². The zero-order chi connectivity index (χ0) is 19.3. The molecule has 0 heterocycles. The van der Waals surface area contributed by atoms with E-state index in [0.717, 1.165) is 0 Å². The molecule has 26 heavy (non-hydrogen) atoms. The van der Waals surface area contributed by atoms with Crippen LogP contribution in [0.3, 0.4) is 0 Å². The van der Waals surface area contributed by atoms with Gasteiger partial charge in [0, 0.05) is 23.7 Å². The van der Waals surface area contributed by atoms with Gasteiger partial charge in [0.25, 0.3) is 0 Å². The number of halogens is 2. The van der Waals surface area contributed by atoms with Crippen molar-refractivity contribution in [1.82, 2.24) is 0 Å². The van der Waals surface area contributed by atoms with E-state index < -0.39 is 5.91 Å². The number of nitrogens with one attached hydrogen (secondary N) is 1. The third-order valence-electron chi connectivity index (χ3n) is 3.56. The Bertz CT molecular complexity index is 827. The van der Waals surface area contributed by atoms with Gasteiger partial charge in [-0.05, 0) is 30.3 Å². The maximum Gasteiger partial charge on any atom is 0.244 e. The summed E-state index contributed by atoms with van der Waals surface area (Å²) in [5.74, 6) is 0.258. The number of amides is 2. The lowest BCUT2D eigenvalue weighted by Gasteiger charge is -2.22. The summed E-state index contributed by atoms with van der Waals surface area (Å²) in [6.45, 7) is 1.17. The van der Waals surface area contributed by atoms with Gasteiger partial charge in [-0.25, -0.2) is 0 Å². The number of carbonyl (C=O) groups is 2. The summed E-state index contributed by atoms with van der Waals surface area (Å²) in [5, 5.41) is 3.44. The van der Waals surface area contributed by atoms with Crippen molar-refractivity contribution >= 4 is 46.4 Å². The molecule has 0 atom stereocenters. The van der Waals surface area contributed by atoms with E-state index in [1.54, 1.807) is 30.3 Å². The lowest BCUT2D eigenvalue weighted by Crippen LogP contribution is -2.36. The molecule has 0 fully saturated rings. The van der Waals surface area contributed by atoms with E-state index in [9.17, 15) is 9.59 Å². The molecule has 0 saturated carbocycles. The minimum atomic E-state index is -0.417. The Labute approximate surface area is 161 Å². The highest BCUT2D eigenvalue weighted by molar-refractivity contribution is 6.35. The van der Waals surface area contributed by atoms with Crippen LogP contribution in [0, 0.1) is 0 Å². The lowest BCUT2D eigenvalue weighted by molar-refractivity contribution is -0.120. The molecule has 0 aliphatic heterocycles. The Balaban J connectivity index is 2.21. The Morgan fingerprint density at radius 2 is 1.73 bits per heavy atom. The summed E-state index contributed by atoms with van der Waals surface area (Å²) in [6.07, 6.45) is 0. The molecule has 0 bridgehead atoms. The first-order valence-corrected chi connectivity index (χ1v) is 8.36. The molecular formula is C18H18Cl2N2O4. The largest absolute Gasteiger partial charge is 0.493 e. The molecule has 0 aliphatic rings. The minimum Gasteiger partial charge on any atom is -0.493 e. The van der Waals surface area contributed by atoms with Gasteiger partial charge in [-0.3, -0.25) is 9.59 Å². The molecule has 0 radical (unpaired) electrons. The molecule has 2 aromatic rings. The van der Waals surface area contributed by atoms with E-state index in [1.165, 1.54) is 32.1 Å². The van der Waals surface area contributed by atoms with Crippen LogP contribution in [0.15, 0.2) is 36.4 Å². The second-order valence-electron chi connectivity index (χ2n) is 5.32. The standard InChI is InChI=1S/C18H18Cl2N2O4/c1-11(23)22(13-5-7-16(25-2)17(9-13)26-3)10-18(24)21-15-8-12(19)4-6-14(15)20/h4-9H,10H2,1-3H3,(H,21,24). The molecule has 1 N–H and O–H groups in total. The van der Waals surface area contributed by atoms with Crippen molar-refractivity contribution < 1.29 is 19.1 Å². The van der Waals surface area contributed by atoms with Crippen molar-refractivity contribution in [3.05, 3.63) is 46.4 Å². The molecule has 0 aromatic heterocycles. The molecule has 2 aromatic carbocycles. The van der Waals surface area contributed by atoms with Crippen molar-refractivity contribution in [3.8, 4) is 11.5 Å². The Morgan fingerprint density at radius 1 is 1.04 bits per heavy atom. The quantitative estimate of drug-likeness (QED) is 0.800. The van der Waals surface area contributed by atoms with Crippen LogP contribution < -0.4 is 19.7 Å². The Hall–Kier alpha value is -2.44. The molecule has 0 saturated heterocycles. The van der Waals surface area contributed by atoms with Gasteiger partial charge in [-0.2, -0.15) is 0 Å². The fraction of sp³-hybridized carbons (Fsp3) is 0.222. The van der Waals surface area contributed by atoms with Crippen molar-refractivity contribution in [1.29, 1.82) is 0 Å². The molecular weight excluding hydrogens is 379 g/mol. The zero-order valence-electron chi connectivity index (χ0n) is 14.5. The van der Waals surface area contributed by atoms with Crippen LogP contribution in [0.2, 0.25) is 10.0 Å². The summed E-state index contributed by atoms with van der Waals surface area (Å²) < 4.78 is 10.4. The predicted octanol–water partition coefficient (Wildman–Crippen LogP) is 4.00. The number of hydrogen-bond acceptors (Lipinski definition) is 4. The van der Waals surface area contributed by atoms with Gasteiger partial charge < -0.3 is 19.7 Å². The van der Waals surface area contributed by atoms with Crippen LogP contribution in [0.4, 0.5) is 11.4 Å². The SMILES string of the molecule is COc1ccc(N(CC(=O)Nc2cc(Cl)ccc2Cl)C(C)=O)cc1OC. The third-order valence-corrected chi connectivity index (χ3v) is 4.13. The highest BCUT2D eigenvalue weighted by Crippen LogP contribution is 2.31. The number of nitrogens with zero attached hydrogens (tertiary/aromatic N) is 1. The van der Waals surface area contributed by atoms with E-state index in [4.69, 9.17) is 32.7 Å². The maximum absolute atomic E-state index is 12.4. The summed E-state index contributed by atoms with van der Waals surface area (Å²) in [7, 11) is 3.01. The summed E-state index contributed by atoms with van der Waals surface area (Å²) in [6, 6.07) is 9.69. The second kappa shape index (κ2) is 8.78. The van der Waals surface area contributed by atoms with Crippen molar-refractivity contribution in [2.75, 3.05) is 31.0 Å². The van der Waals surface area contributed by atoms with Crippen molar-refractivity contribution in [2.45, 2.75) is 6.92 Å². The van der Waals surface area contributed by atoms with Crippen molar-refractivity contribution in [3.63, 3.8) is 0 Å². The van der Waals surface area contributed by atoms with Gasteiger partial charge in [-0.1, -0.05) is 23.2 Å². The molecule has 0 aliphatic carbocycles. The second-order valence-corrected chi connectivity index (χ2v) is 6.16. The molecule has 138 valence electrons. The molecule has 0 spiro atoms. The van der Waals surface area contributed by atoms with Crippen LogP contribution in [0.1, 0.15) is 6.92 Å². The van der Waals surface area contributed by atoms with Crippen LogP contribution in [-0.4, -0.2) is 32.6 Å². The lowest BCUT2D eigenvalue weighted by atomic mass is 10.2. The summed E-state index contributed by atoms with van der Waals surface area (Å²) in [4.78, 5) is 25.7. The van der Waals surface area contributed by atoms with E-state index in [-0.39, 0.29) is 12.5 Å². The van der Waals surface area contributed by atoms with E-state index in [2.05, 4.69) is 5.32 Å². The number of benzene rings is 2. The van der Waals surface area contributed by atoms with Crippen molar-refractivity contribution in [2.24, 2.45) is 0 Å². The van der Waals surface area contributed by atoms with E-state index >= 15 is 0 Å². The fourth-order valence-corrected chi connectivity index (χ4v) is 2.64. The van der Waals surface area contributed by atoms with Crippen LogP contribution >= 0.6 is 23.2 Å². The molecule has 8 heteroatoms. The Kier molecular flexibility index (Phi) is 6.71. The number of rotatable bonds is 6. The molecule has 6 nitrogen and oxygen atoms in total. The number of methoxy groups -OCH3 is 2. The summed E-state index contributed by atoms with van der Waals surface area (Å²) >= 11 is 12.0. The highest BCUT2D eigenvalue weighted by Gasteiger charge is 2.18. The van der Waals surface area contributed by atoms with Crippen LogP contribution in [0.25, 0.3) is 0 Å². The summed E-state index contributed by atoms with van der Waals surface area (Å²) in [5.41, 5.74) is 0.877. The maximum atomic E-state index is 12.4. The van der Waals surface area contributed by atoms with Crippen LogP contribution in [0.5, 0.6) is 11.5 Å². The van der Waals surface area contributed by atoms with Gasteiger partial charge in [0.2, 0.25) is 11.8 Å². The number of ether oxygens (including phenoxy) is 2. The zero-order valence-corrected chi connectivity index (χ0v) is 16.0. The number of anilines is 2. The van der Waals surface area contributed by atoms with Gasteiger partial charge in [0.1, 0.15) is 6.54 Å². The Morgan fingerprint density at radius 3 is 2.35 bits per heavy atom. The van der Waals surface area contributed by atoms with Gasteiger partial charge in [-0.15, -0.1) is 0 Å². The fourth-order valence-electron chi connectivity index (χ4n) is 2.30. The van der Waals surface area contributed by atoms with Crippen LogP contribution in [-0.2, 0) is 9.59 Å². The average Bonchev–Trinajstić information content (AvgIpc) is 2.62. The number of hydrogen-bond donors (Lipinski definition) is 1. The van der Waals surface area contributed by atoms with E-state index in [0.29, 0.717) is 32.9 Å². The topological polar surface area (TPSA) is 67.9 Å². The number of carbonyl (C=O) groups excluding carboxylic acids is 2. The van der Waals surface area contributed by atoms with Gasteiger partial charge >= 0.3 is 0 Å². The minimum absolute atomic E-state index is 0.201. The molecule has 2 rings (SSSR count).